The summed E-state index contributed by atoms with van der Waals surface area (Å²) in [6.45, 7) is 0. The van der Waals surface area contributed by atoms with Gasteiger partial charge >= 0.3 is 0 Å². The van der Waals surface area contributed by atoms with Gasteiger partial charge in [-0.25, -0.2) is 0 Å². The molecule has 3 nitrogen and oxygen atoms in total. The Bertz CT molecular complexity index is 557. The standard InChI is InChI=1S/C13H6N3/c14-8-10-5-11(9-15)7-12(6-10)13-3-1-2-4-16-13/h2-7H. The lowest BCUT2D eigenvalue weighted by atomic mass is 10.0. The summed E-state index contributed by atoms with van der Waals surface area (Å²) < 4.78 is 0. The van der Waals surface area contributed by atoms with Crippen LogP contribution in [-0.4, -0.2) is 4.98 Å². The normalized spacial score (nSPS) is 9.12. The lowest BCUT2D eigenvalue weighted by Gasteiger charge is -2.01. The average Bonchev–Trinajstić information content (AvgIpc) is 2.39. The number of pyridine rings is 1. The Kier molecular flexibility index (Phi) is 2.63. The van der Waals surface area contributed by atoms with Crippen molar-refractivity contribution in [3.63, 3.8) is 0 Å². The zero-order valence-electron chi connectivity index (χ0n) is 8.31. The monoisotopic (exact) mass is 204 g/mol. The van der Waals surface area contributed by atoms with E-state index in [1.54, 1.807) is 36.5 Å². The molecule has 0 saturated heterocycles. The summed E-state index contributed by atoms with van der Waals surface area (Å²) in [5, 5.41) is 17.7. The molecule has 1 radical (unpaired) electrons. The Morgan fingerprint density at radius 2 is 1.75 bits per heavy atom. The van der Waals surface area contributed by atoms with Gasteiger partial charge in [0, 0.05) is 11.8 Å². The molecule has 0 atom stereocenters. The molecule has 1 heterocycles. The largest absolute Gasteiger partial charge is 0.256 e. The Hall–Kier alpha value is -2.65. The number of hydrogen-bond acceptors (Lipinski definition) is 3. The van der Waals surface area contributed by atoms with E-state index in [1.807, 2.05) is 12.1 Å². The minimum absolute atomic E-state index is 0.458. The highest BCUT2D eigenvalue weighted by molar-refractivity contribution is 5.63. The van der Waals surface area contributed by atoms with Crippen LogP contribution in [0.15, 0.2) is 36.5 Å². The Labute approximate surface area is 93.2 Å². The molecule has 0 aliphatic carbocycles. The number of nitriles is 2. The maximum absolute atomic E-state index is 8.84. The number of nitrogens with zero attached hydrogens (tertiary/aromatic N) is 3. The highest BCUT2D eigenvalue weighted by Crippen LogP contribution is 2.19. The van der Waals surface area contributed by atoms with Crippen LogP contribution >= 0.6 is 0 Å². The fourth-order valence-electron chi connectivity index (χ4n) is 1.39. The van der Waals surface area contributed by atoms with Crippen LogP contribution in [0.25, 0.3) is 11.3 Å². The van der Waals surface area contributed by atoms with Crippen molar-refractivity contribution in [3.05, 3.63) is 53.7 Å². The molecule has 0 saturated carbocycles. The van der Waals surface area contributed by atoms with Crippen molar-refractivity contribution in [1.82, 2.24) is 4.98 Å². The minimum Gasteiger partial charge on any atom is -0.256 e. The summed E-state index contributed by atoms with van der Waals surface area (Å²) in [6.07, 6.45) is 1.63. The van der Waals surface area contributed by atoms with E-state index in [2.05, 4.69) is 11.1 Å². The van der Waals surface area contributed by atoms with Gasteiger partial charge in [0.2, 0.25) is 0 Å². The van der Waals surface area contributed by atoms with Gasteiger partial charge in [-0.1, -0.05) is 0 Å². The van der Waals surface area contributed by atoms with Crippen molar-refractivity contribution >= 4 is 0 Å². The molecule has 1 aromatic heterocycles. The number of benzene rings is 1. The van der Waals surface area contributed by atoms with E-state index in [4.69, 9.17) is 10.5 Å². The van der Waals surface area contributed by atoms with Crippen LogP contribution in [0.3, 0.4) is 0 Å². The topological polar surface area (TPSA) is 60.5 Å². The van der Waals surface area contributed by atoms with E-state index in [-0.39, 0.29) is 0 Å². The number of aromatic nitrogens is 1. The first-order chi connectivity index (χ1) is 7.83. The molecule has 2 rings (SSSR count). The Balaban J connectivity index is 2.59. The van der Waals surface area contributed by atoms with Crippen LogP contribution in [0, 0.1) is 28.7 Å². The number of rotatable bonds is 1. The molecule has 0 spiro atoms. The van der Waals surface area contributed by atoms with E-state index >= 15 is 0 Å². The lowest BCUT2D eigenvalue weighted by molar-refractivity contribution is 1.32. The summed E-state index contributed by atoms with van der Waals surface area (Å²) in [6, 6.07) is 15.3. The van der Waals surface area contributed by atoms with Crippen molar-refractivity contribution < 1.29 is 0 Å². The second-order valence-electron chi connectivity index (χ2n) is 3.16. The van der Waals surface area contributed by atoms with Crippen molar-refractivity contribution in [2.45, 2.75) is 0 Å². The smallest absolute Gasteiger partial charge is 0.0992 e. The number of hydrogen-bond donors (Lipinski definition) is 0. The van der Waals surface area contributed by atoms with E-state index in [1.165, 1.54) is 0 Å². The maximum Gasteiger partial charge on any atom is 0.0992 e. The SMILES string of the molecule is N#Cc1cc(C#N)cc(-c2c[c]ccn2)c1. The highest BCUT2D eigenvalue weighted by Gasteiger charge is 2.03. The van der Waals surface area contributed by atoms with Gasteiger partial charge in [0.05, 0.1) is 29.0 Å². The quantitative estimate of drug-likeness (QED) is 0.716. The fraction of sp³-hybridized carbons (Fsp3) is 0. The van der Waals surface area contributed by atoms with Crippen molar-refractivity contribution in [3.8, 4) is 23.4 Å². The molecule has 16 heavy (non-hydrogen) atoms. The molecule has 0 amide bonds. The Morgan fingerprint density at radius 3 is 2.25 bits per heavy atom. The van der Waals surface area contributed by atoms with Crippen LogP contribution in [-0.2, 0) is 0 Å². The summed E-state index contributed by atoms with van der Waals surface area (Å²) >= 11 is 0. The first-order valence-corrected chi connectivity index (χ1v) is 4.61. The second kappa shape index (κ2) is 4.25. The molecule has 0 aliphatic rings. The van der Waals surface area contributed by atoms with E-state index in [0.717, 1.165) is 5.56 Å². The summed E-state index contributed by atoms with van der Waals surface area (Å²) in [5.74, 6) is 0. The van der Waals surface area contributed by atoms with Crippen LogP contribution in [0.2, 0.25) is 0 Å². The molecule has 0 N–H and O–H groups in total. The van der Waals surface area contributed by atoms with Crippen molar-refractivity contribution in [2.75, 3.05) is 0 Å². The third-order valence-corrected chi connectivity index (χ3v) is 2.09. The molecule has 0 fully saturated rings. The predicted molar refractivity (Wildman–Crippen MR) is 57.9 cm³/mol. The van der Waals surface area contributed by atoms with Gasteiger partial charge in [0.1, 0.15) is 0 Å². The second-order valence-corrected chi connectivity index (χ2v) is 3.16. The molecule has 0 unspecified atom stereocenters. The van der Waals surface area contributed by atoms with Crippen LogP contribution in [0.5, 0.6) is 0 Å². The van der Waals surface area contributed by atoms with E-state index in [9.17, 15) is 0 Å². The molecule has 0 bridgehead atoms. The molecular weight excluding hydrogens is 198 g/mol. The van der Waals surface area contributed by atoms with Crippen LogP contribution < -0.4 is 0 Å². The molecule has 1 aromatic carbocycles. The van der Waals surface area contributed by atoms with Gasteiger partial charge in [-0.15, -0.1) is 0 Å². The molecule has 73 valence electrons. The molecule has 2 aromatic rings. The van der Waals surface area contributed by atoms with Gasteiger partial charge < -0.3 is 0 Å². The first kappa shape index (κ1) is 9.89. The van der Waals surface area contributed by atoms with Crippen LogP contribution in [0.4, 0.5) is 0 Å². The minimum atomic E-state index is 0.458. The van der Waals surface area contributed by atoms with Gasteiger partial charge in [-0.3, -0.25) is 4.98 Å². The third-order valence-electron chi connectivity index (χ3n) is 2.09. The molecular formula is C13H6N3. The zero-order valence-corrected chi connectivity index (χ0v) is 8.31. The summed E-state index contributed by atoms with van der Waals surface area (Å²) in [4.78, 5) is 4.15. The molecule has 3 heteroatoms. The summed E-state index contributed by atoms with van der Waals surface area (Å²) in [7, 11) is 0. The van der Waals surface area contributed by atoms with E-state index in [0.29, 0.717) is 16.8 Å². The van der Waals surface area contributed by atoms with Gasteiger partial charge in [0.25, 0.3) is 0 Å². The third kappa shape index (κ3) is 1.89. The first-order valence-electron chi connectivity index (χ1n) is 4.61. The van der Waals surface area contributed by atoms with Crippen LogP contribution in [0.1, 0.15) is 11.1 Å². The lowest BCUT2D eigenvalue weighted by Crippen LogP contribution is -1.86. The summed E-state index contributed by atoms with van der Waals surface area (Å²) in [5.41, 5.74) is 2.38. The van der Waals surface area contributed by atoms with Gasteiger partial charge in [0.15, 0.2) is 0 Å². The Morgan fingerprint density at radius 1 is 1.06 bits per heavy atom. The zero-order chi connectivity index (χ0) is 11.4. The van der Waals surface area contributed by atoms with E-state index < -0.39 is 0 Å². The van der Waals surface area contributed by atoms with Gasteiger partial charge in [-0.05, 0) is 36.4 Å². The maximum atomic E-state index is 8.84. The fourth-order valence-corrected chi connectivity index (χ4v) is 1.39. The van der Waals surface area contributed by atoms with Crippen molar-refractivity contribution in [1.29, 1.82) is 10.5 Å². The average molecular weight is 204 g/mol. The highest BCUT2D eigenvalue weighted by atomic mass is 14.7. The van der Waals surface area contributed by atoms with Crippen molar-refractivity contribution in [2.24, 2.45) is 0 Å². The predicted octanol–water partition coefficient (Wildman–Crippen LogP) is 2.29. The molecule has 0 aliphatic heterocycles. The van der Waals surface area contributed by atoms with Gasteiger partial charge in [-0.2, -0.15) is 10.5 Å².